The highest BCUT2D eigenvalue weighted by molar-refractivity contribution is 5.99. The third kappa shape index (κ3) is 6.96. The number of esters is 1. The van der Waals surface area contributed by atoms with E-state index in [4.69, 9.17) is 9.47 Å². The highest BCUT2D eigenvalue weighted by Crippen LogP contribution is 2.12. The molecule has 0 aliphatic rings. The summed E-state index contributed by atoms with van der Waals surface area (Å²) in [6.45, 7) is 1.13. The number of methoxy groups -OCH3 is 1. The zero-order valence-electron chi connectivity index (χ0n) is 16.8. The molecule has 2 aromatic rings. The Morgan fingerprint density at radius 1 is 0.964 bits per heavy atom. The lowest BCUT2D eigenvalue weighted by atomic mass is 10.1. The Bertz CT molecular complexity index is 819. The average molecular weight is 383 g/mol. The van der Waals surface area contributed by atoms with Crippen molar-refractivity contribution >= 4 is 18.1 Å². The summed E-state index contributed by atoms with van der Waals surface area (Å²) in [5.41, 5.74) is 1.97. The van der Waals surface area contributed by atoms with Gasteiger partial charge in [-0.25, -0.2) is 9.79 Å². The van der Waals surface area contributed by atoms with E-state index in [9.17, 15) is 9.59 Å². The molecule has 28 heavy (non-hydrogen) atoms. The largest absolute Gasteiger partial charge is 0.497 e. The lowest BCUT2D eigenvalue weighted by Gasteiger charge is -2.23. The second-order valence-electron chi connectivity index (χ2n) is 7.40. The van der Waals surface area contributed by atoms with Gasteiger partial charge in [0, 0.05) is 18.2 Å². The maximum Gasteiger partial charge on any atom is 0.338 e. The molecule has 0 aliphatic carbocycles. The van der Waals surface area contributed by atoms with Crippen molar-refractivity contribution in [1.82, 2.24) is 0 Å². The zero-order valence-corrected chi connectivity index (χ0v) is 16.8. The minimum atomic E-state index is -0.330. The quantitative estimate of drug-likeness (QED) is 0.399. The standard InChI is InChI=1S/C22H27N2O4/c1-24(2,3)15-16-28-22(26)19-7-5-17(6-8-19)13-14-23-21(25)18-9-11-20(27-4)12-10-18/h5-12,14H,13,15-16H2,1-4H3/q+1. The summed E-state index contributed by atoms with van der Waals surface area (Å²) in [7, 11) is 7.71. The smallest absolute Gasteiger partial charge is 0.338 e. The molecule has 148 valence electrons. The summed E-state index contributed by atoms with van der Waals surface area (Å²) in [5, 5.41) is 0. The molecule has 0 aromatic heterocycles. The molecule has 0 radical (unpaired) electrons. The van der Waals surface area contributed by atoms with Crippen LogP contribution < -0.4 is 4.74 Å². The van der Waals surface area contributed by atoms with Crippen LogP contribution in [-0.2, 0) is 11.2 Å². The molecule has 0 heterocycles. The molecule has 1 amide bonds. The summed E-state index contributed by atoms with van der Waals surface area (Å²) in [6.07, 6.45) is 2.07. The number of amides is 1. The van der Waals surface area contributed by atoms with Crippen LogP contribution in [0.4, 0.5) is 0 Å². The molecule has 0 aliphatic heterocycles. The lowest BCUT2D eigenvalue weighted by molar-refractivity contribution is -0.870. The first kappa shape index (κ1) is 21.3. The fraction of sp³-hybridized carbons (Fsp3) is 0.318. The lowest BCUT2D eigenvalue weighted by Crippen LogP contribution is -2.38. The van der Waals surface area contributed by atoms with Crippen molar-refractivity contribution < 1.29 is 23.5 Å². The molecular weight excluding hydrogens is 356 g/mol. The first-order valence-corrected chi connectivity index (χ1v) is 9.06. The predicted molar refractivity (Wildman–Crippen MR) is 109 cm³/mol. The summed E-state index contributed by atoms with van der Waals surface area (Å²) < 4.78 is 11.1. The van der Waals surface area contributed by atoms with Crippen molar-refractivity contribution in [2.24, 2.45) is 4.99 Å². The van der Waals surface area contributed by atoms with Crippen LogP contribution in [0.15, 0.2) is 53.5 Å². The van der Waals surface area contributed by atoms with Gasteiger partial charge in [-0.1, -0.05) is 12.1 Å². The number of rotatable bonds is 8. The van der Waals surface area contributed by atoms with Crippen LogP contribution in [0.2, 0.25) is 0 Å². The number of likely N-dealkylation sites (N-methyl/N-ethyl adjacent to an activating group) is 1. The number of carbonyl (C=O) groups excluding carboxylic acids is 2. The molecule has 0 N–H and O–H groups in total. The van der Waals surface area contributed by atoms with Gasteiger partial charge in [-0.05, 0) is 42.0 Å². The summed E-state index contributed by atoms with van der Waals surface area (Å²) >= 11 is 0. The Morgan fingerprint density at radius 2 is 1.57 bits per heavy atom. The van der Waals surface area contributed by atoms with Gasteiger partial charge in [-0.3, -0.25) is 4.79 Å². The van der Waals surface area contributed by atoms with E-state index in [1.807, 2.05) is 33.3 Å². The van der Waals surface area contributed by atoms with Gasteiger partial charge in [0.1, 0.15) is 18.9 Å². The highest BCUT2D eigenvalue weighted by Gasteiger charge is 2.11. The number of carbonyl (C=O) groups is 2. The van der Waals surface area contributed by atoms with Crippen molar-refractivity contribution in [3.8, 4) is 5.75 Å². The summed E-state index contributed by atoms with van der Waals surface area (Å²) in [6, 6.07) is 13.9. The van der Waals surface area contributed by atoms with Crippen molar-refractivity contribution in [3.05, 3.63) is 65.2 Å². The predicted octanol–water partition coefficient (Wildman–Crippen LogP) is 3.01. The Balaban J connectivity index is 1.85. The van der Waals surface area contributed by atoms with Crippen molar-refractivity contribution in [2.75, 3.05) is 41.4 Å². The van der Waals surface area contributed by atoms with Gasteiger partial charge < -0.3 is 14.0 Å². The molecule has 0 saturated carbocycles. The third-order valence-corrected chi connectivity index (χ3v) is 4.06. The molecular formula is C22H27N2O4+. The number of ether oxygens (including phenoxy) is 2. The number of quaternary nitrogens is 1. The fourth-order valence-corrected chi connectivity index (χ4v) is 2.31. The van der Waals surface area contributed by atoms with Crippen LogP contribution in [0.3, 0.4) is 0 Å². The minimum Gasteiger partial charge on any atom is -0.497 e. The molecule has 0 fully saturated rings. The molecule has 6 nitrogen and oxygen atoms in total. The zero-order chi connectivity index (χ0) is 20.6. The van der Waals surface area contributed by atoms with Crippen LogP contribution in [0.1, 0.15) is 26.3 Å². The Morgan fingerprint density at radius 3 is 2.14 bits per heavy atom. The second-order valence-corrected chi connectivity index (χ2v) is 7.40. The maximum atomic E-state index is 12.0. The van der Waals surface area contributed by atoms with Crippen molar-refractivity contribution in [1.29, 1.82) is 0 Å². The second kappa shape index (κ2) is 9.80. The van der Waals surface area contributed by atoms with Crippen LogP contribution in [0.5, 0.6) is 5.75 Å². The minimum absolute atomic E-state index is 0.305. The molecule has 0 unspecified atom stereocenters. The van der Waals surface area contributed by atoms with Crippen LogP contribution in [0.25, 0.3) is 0 Å². The third-order valence-electron chi connectivity index (χ3n) is 4.06. The van der Waals surface area contributed by atoms with Crippen molar-refractivity contribution in [2.45, 2.75) is 6.42 Å². The summed E-state index contributed by atoms with van der Waals surface area (Å²) in [5.74, 6) is 0.0556. The molecule has 0 bridgehead atoms. The topological polar surface area (TPSA) is 65.0 Å². The highest BCUT2D eigenvalue weighted by atomic mass is 16.5. The normalized spacial score (nSPS) is 11.4. The Labute approximate surface area is 166 Å². The average Bonchev–Trinajstić information content (AvgIpc) is 2.67. The fourth-order valence-electron chi connectivity index (χ4n) is 2.31. The van der Waals surface area contributed by atoms with E-state index in [1.165, 1.54) is 0 Å². The van der Waals surface area contributed by atoms with Gasteiger partial charge in [0.15, 0.2) is 0 Å². The molecule has 0 saturated heterocycles. The van der Waals surface area contributed by atoms with E-state index in [0.717, 1.165) is 16.6 Å². The number of hydrogen-bond donors (Lipinski definition) is 0. The van der Waals surface area contributed by atoms with E-state index >= 15 is 0 Å². The maximum absolute atomic E-state index is 12.0. The number of benzene rings is 2. The molecule has 0 spiro atoms. The number of nitrogens with zero attached hydrogens (tertiary/aromatic N) is 2. The van der Waals surface area contributed by atoms with E-state index in [0.29, 0.717) is 29.9 Å². The SMILES string of the molecule is COc1ccc(C(=O)N=CCc2ccc(C(=O)OCC[N+](C)(C)C)cc2)cc1. The van der Waals surface area contributed by atoms with Crippen molar-refractivity contribution in [3.63, 3.8) is 0 Å². The van der Waals surface area contributed by atoms with E-state index in [-0.39, 0.29) is 11.9 Å². The van der Waals surface area contributed by atoms with E-state index < -0.39 is 0 Å². The molecule has 2 rings (SSSR count). The number of aliphatic imine (C=N–C) groups is 1. The summed E-state index contributed by atoms with van der Waals surface area (Å²) in [4.78, 5) is 28.1. The van der Waals surface area contributed by atoms with Gasteiger partial charge in [0.2, 0.25) is 0 Å². The van der Waals surface area contributed by atoms with Gasteiger partial charge in [-0.2, -0.15) is 0 Å². The van der Waals surface area contributed by atoms with E-state index in [2.05, 4.69) is 4.99 Å². The molecule has 0 atom stereocenters. The van der Waals surface area contributed by atoms with Crippen LogP contribution in [-0.4, -0.2) is 64.0 Å². The molecule has 2 aromatic carbocycles. The van der Waals surface area contributed by atoms with Gasteiger partial charge >= 0.3 is 5.97 Å². The Kier molecular flexibility index (Phi) is 7.46. The Hall–Kier alpha value is -2.99. The van der Waals surface area contributed by atoms with Crippen LogP contribution >= 0.6 is 0 Å². The first-order valence-electron chi connectivity index (χ1n) is 9.06. The monoisotopic (exact) mass is 383 g/mol. The van der Waals surface area contributed by atoms with E-state index in [1.54, 1.807) is 49.7 Å². The number of hydrogen-bond acceptors (Lipinski definition) is 4. The first-order chi connectivity index (χ1) is 13.3. The van der Waals surface area contributed by atoms with Gasteiger partial charge in [-0.15, -0.1) is 0 Å². The van der Waals surface area contributed by atoms with Gasteiger partial charge in [0.05, 0.1) is 33.8 Å². The van der Waals surface area contributed by atoms with Crippen LogP contribution in [0, 0.1) is 0 Å². The molecule has 6 heteroatoms. The van der Waals surface area contributed by atoms with Gasteiger partial charge in [0.25, 0.3) is 5.91 Å².